The molecule has 2 atom stereocenters. The molecule has 1 aliphatic carbocycles. The molecule has 0 bridgehead atoms. The summed E-state index contributed by atoms with van der Waals surface area (Å²) in [5, 5.41) is 0.235. The first-order chi connectivity index (χ1) is 9.18. The SMILES string of the molecule is CN(c1nc2ccccc2n1C)C1CCCCC1Cl. The van der Waals surface area contributed by atoms with Gasteiger partial charge in [-0.25, -0.2) is 4.98 Å². The first-order valence-corrected chi connectivity index (χ1v) is 7.40. The van der Waals surface area contributed by atoms with Crippen LogP contribution in [0, 0.1) is 0 Å². The van der Waals surface area contributed by atoms with Crippen molar-refractivity contribution in [2.75, 3.05) is 11.9 Å². The third kappa shape index (κ3) is 2.20. The zero-order valence-electron chi connectivity index (χ0n) is 11.5. The molecule has 1 aliphatic rings. The Bertz CT molecular complexity index is 578. The average Bonchev–Trinajstić information content (AvgIpc) is 2.77. The maximum absolute atomic E-state index is 6.50. The number of rotatable bonds is 2. The molecule has 2 aromatic rings. The van der Waals surface area contributed by atoms with Gasteiger partial charge in [0.2, 0.25) is 5.95 Å². The average molecular weight is 278 g/mol. The Morgan fingerprint density at radius 3 is 2.74 bits per heavy atom. The fourth-order valence-corrected chi connectivity index (χ4v) is 3.55. The van der Waals surface area contributed by atoms with Gasteiger partial charge in [-0.1, -0.05) is 25.0 Å². The molecule has 102 valence electrons. The van der Waals surface area contributed by atoms with Crippen molar-refractivity contribution in [3.05, 3.63) is 24.3 Å². The summed E-state index contributed by atoms with van der Waals surface area (Å²) in [6.45, 7) is 0. The van der Waals surface area contributed by atoms with Crippen LogP contribution in [0.5, 0.6) is 0 Å². The van der Waals surface area contributed by atoms with Crippen molar-refractivity contribution >= 4 is 28.6 Å². The molecule has 4 heteroatoms. The van der Waals surface area contributed by atoms with Gasteiger partial charge in [-0.3, -0.25) is 0 Å². The van der Waals surface area contributed by atoms with E-state index in [2.05, 4.69) is 41.8 Å². The molecule has 19 heavy (non-hydrogen) atoms. The van der Waals surface area contributed by atoms with Gasteiger partial charge in [0.1, 0.15) is 0 Å². The quantitative estimate of drug-likeness (QED) is 0.783. The highest BCUT2D eigenvalue weighted by atomic mass is 35.5. The van der Waals surface area contributed by atoms with Gasteiger partial charge in [-0.05, 0) is 25.0 Å². The molecule has 1 fully saturated rings. The number of nitrogens with zero attached hydrogens (tertiary/aromatic N) is 3. The van der Waals surface area contributed by atoms with Crippen molar-refractivity contribution < 1.29 is 0 Å². The molecule has 0 amide bonds. The number of alkyl halides is 1. The van der Waals surface area contributed by atoms with Gasteiger partial charge in [0.25, 0.3) is 0 Å². The number of benzene rings is 1. The van der Waals surface area contributed by atoms with Crippen LogP contribution in [0.15, 0.2) is 24.3 Å². The second kappa shape index (κ2) is 5.04. The van der Waals surface area contributed by atoms with Crippen molar-refractivity contribution in [1.29, 1.82) is 0 Å². The lowest BCUT2D eigenvalue weighted by Crippen LogP contribution is -2.42. The molecular formula is C15H20ClN3. The minimum absolute atomic E-state index is 0.235. The maximum atomic E-state index is 6.50. The second-order valence-corrected chi connectivity index (χ2v) is 6.00. The first-order valence-electron chi connectivity index (χ1n) is 6.97. The highest BCUT2D eigenvalue weighted by molar-refractivity contribution is 6.21. The molecule has 3 nitrogen and oxygen atoms in total. The van der Waals surface area contributed by atoms with Crippen LogP contribution in [0.2, 0.25) is 0 Å². The van der Waals surface area contributed by atoms with Crippen LogP contribution in [0.3, 0.4) is 0 Å². The summed E-state index contributed by atoms with van der Waals surface area (Å²) in [7, 11) is 4.19. The van der Waals surface area contributed by atoms with Gasteiger partial charge in [-0.15, -0.1) is 11.6 Å². The minimum Gasteiger partial charge on any atom is -0.341 e. The molecule has 3 rings (SSSR count). The van der Waals surface area contributed by atoms with E-state index in [1.807, 2.05) is 6.07 Å². The van der Waals surface area contributed by atoms with Crippen LogP contribution in [0.1, 0.15) is 25.7 Å². The minimum atomic E-state index is 0.235. The standard InChI is InChI=1S/C15H20ClN3/c1-18(13-9-5-3-7-11(13)16)15-17-12-8-4-6-10-14(12)19(15)2/h4,6,8,10-11,13H,3,5,7,9H2,1-2H3. The highest BCUT2D eigenvalue weighted by Crippen LogP contribution is 2.30. The zero-order chi connectivity index (χ0) is 13.4. The van der Waals surface area contributed by atoms with E-state index in [1.54, 1.807) is 0 Å². The first kappa shape index (κ1) is 12.8. The van der Waals surface area contributed by atoms with Crippen LogP contribution >= 0.6 is 11.6 Å². The van der Waals surface area contributed by atoms with Gasteiger partial charge < -0.3 is 9.47 Å². The van der Waals surface area contributed by atoms with Crippen LogP contribution in [-0.4, -0.2) is 28.0 Å². The monoisotopic (exact) mass is 277 g/mol. The molecule has 1 heterocycles. The molecule has 2 unspecified atom stereocenters. The highest BCUT2D eigenvalue weighted by Gasteiger charge is 2.28. The summed E-state index contributed by atoms with van der Waals surface area (Å²) >= 11 is 6.50. The number of aryl methyl sites for hydroxylation is 1. The number of halogens is 1. The van der Waals surface area contributed by atoms with Crippen LogP contribution in [0.25, 0.3) is 11.0 Å². The topological polar surface area (TPSA) is 21.1 Å². The van der Waals surface area contributed by atoms with Crippen molar-refractivity contribution in [3.63, 3.8) is 0 Å². The number of imidazole rings is 1. The molecule has 0 N–H and O–H groups in total. The fraction of sp³-hybridized carbons (Fsp3) is 0.533. The lowest BCUT2D eigenvalue weighted by Gasteiger charge is -2.35. The smallest absolute Gasteiger partial charge is 0.206 e. The van der Waals surface area contributed by atoms with Crippen molar-refractivity contribution in [1.82, 2.24) is 9.55 Å². The lowest BCUT2D eigenvalue weighted by atomic mass is 9.94. The van der Waals surface area contributed by atoms with E-state index in [1.165, 1.54) is 18.4 Å². The summed E-state index contributed by atoms with van der Waals surface area (Å²) in [6.07, 6.45) is 4.79. The number of hydrogen-bond acceptors (Lipinski definition) is 2. The van der Waals surface area contributed by atoms with Crippen molar-refractivity contribution in [2.24, 2.45) is 7.05 Å². The fourth-order valence-electron chi connectivity index (χ4n) is 3.10. The van der Waals surface area contributed by atoms with E-state index in [0.717, 1.165) is 24.3 Å². The van der Waals surface area contributed by atoms with Crippen LogP contribution in [0.4, 0.5) is 5.95 Å². The molecule has 0 radical (unpaired) electrons. The Hall–Kier alpha value is -1.22. The van der Waals surface area contributed by atoms with E-state index in [0.29, 0.717) is 6.04 Å². The number of fused-ring (bicyclic) bond motifs is 1. The molecule has 1 saturated carbocycles. The molecule has 1 aromatic carbocycles. The normalized spacial score (nSPS) is 23.7. The summed E-state index contributed by atoms with van der Waals surface area (Å²) in [6, 6.07) is 8.65. The number of hydrogen-bond donors (Lipinski definition) is 0. The van der Waals surface area contributed by atoms with Gasteiger partial charge in [0.05, 0.1) is 16.4 Å². The Kier molecular flexibility index (Phi) is 3.40. The van der Waals surface area contributed by atoms with E-state index in [9.17, 15) is 0 Å². The van der Waals surface area contributed by atoms with Gasteiger partial charge in [-0.2, -0.15) is 0 Å². The maximum Gasteiger partial charge on any atom is 0.206 e. The molecule has 0 aliphatic heterocycles. The summed E-state index contributed by atoms with van der Waals surface area (Å²) < 4.78 is 2.16. The Labute approximate surface area is 119 Å². The third-order valence-electron chi connectivity index (χ3n) is 4.22. The van der Waals surface area contributed by atoms with Crippen LogP contribution in [-0.2, 0) is 7.05 Å². The van der Waals surface area contributed by atoms with E-state index in [4.69, 9.17) is 16.6 Å². The second-order valence-electron chi connectivity index (χ2n) is 5.44. The summed E-state index contributed by atoms with van der Waals surface area (Å²) in [4.78, 5) is 7.01. The predicted molar refractivity (Wildman–Crippen MR) is 81.0 cm³/mol. The van der Waals surface area contributed by atoms with E-state index in [-0.39, 0.29) is 5.38 Å². The summed E-state index contributed by atoms with van der Waals surface area (Å²) in [5.74, 6) is 1.01. The number of aromatic nitrogens is 2. The van der Waals surface area contributed by atoms with Crippen molar-refractivity contribution in [3.8, 4) is 0 Å². The Morgan fingerprint density at radius 2 is 2.00 bits per heavy atom. The van der Waals surface area contributed by atoms with Gasteiger partial charge in [0.15, 0.2) is 0 Å². The molecular weight excluding hydrogens is 258 g/mol. The number of para-hydroxylation sites is 2. The van der Waals surface area contributed by atoms with E-state index >= 15 is 0 Å². The molecule has 0 spiro atoms. The molecule has 0 saturated heterocycles. The molecule has 1 aromatic heterocycles. The number of anilines is 1. The zero-order valence-corrected chi connectivity index (χ0v) is 12.3. The predicted octanol–water partition coefficient (Wildman–Crippen LogP) is 3.56. The Balaban J connectivity index is 1.96. The van der Waals surface area contributed by atoms with Crippen LogP contribution < -0.4 is 4.90 Å². The van der Waals surface area contributed by atoms with Gasteiger partial charge >= 0.3 is 0 Å². The Morgan fingerprint density at radius 1 is 1.26 bits per heavy atom. The van der Waals surface area contributed by atoms with Gasteiger partial charge in [0, 0.05) is 20.1 Å². The third-order valence-corrected chi connectivity index (χ3v) is 4.73. The largest absolute Gasteiger partial charge is 0.341 e. The lowest BCUT2D eigenvalue weighted by molar-refractivity contribution is 0.429. The summed E-state index contributed by atoms with van der Waals surface area (Å²) in [5.41, 5.74) is 2.22. The van der Waals surface area contributed by atoms with E-state index < -0.39 is 0 Å². The van der Waals surface area contributed by atoms with Crippen molar-refractivity contribution in [2.45, 2.75) is 37.1 Å².